The number of aliphatic hydroxyl groups is 1. The van der Waals surface area contributed by atoms with E-state index in [0.29, 0.717) is 17.5 Å². The number of halogens is 1. The summed E-state index contributed by atoms with van der Waals surface area (Å²) in [5.74, 6) is 1.37. The van der Waals surface area contributed by atoms with Gasteiger partial charge in [-0.05, 0) is 19.1 Å². The molecule has 1 aromatic rings. The van der Waals surface area contributed by atoms with Crippen molar-refractivity contribution in [1.29, 1.82) is 0 Å². The highest BCUT2D eigenvalue weighted by molar-refractivity contribution is 5.85. The molecule has 1 atom stereocenters. The third kappa shape index (κ3) is 3.75. The minimum atomic E-state index is -1.02. The van der Waals surface area contributed by atoms with Crippen molar-refractivity contribution in [1.82, 2.24) is 5.32 Å². The Morgan fingerprint density at radius 2 is 1.58 bits per heavy atom. The monoisotopic (exact) mass is 287 g/mol. The Labute approximate surface area is 120 Å². The second-order valence-corrected chi connectivity index (χ2v) is 5.17. The Morgan fingerprint density at radius 1 is 1.11 bits per heavy atom. The van der Waals surface area contributed by atoms with Crippen molar-refractivity contribution < 1.29 is 14.6 Å². The van der Waals surface area contributed by atoms with Gasteiger partial charge >= 0.3 is 0 Å². The number of fused-ring (bicyclic) bond motifs is 1. The number of rotatable bonds is 3. The van der Waals surface area contributed by atoms with Crippen molar-refractivity contribution in [2.75, 3.05) is 13.2 Å². The molecule has 1 unspecified atom stereocenters. The molecule has 1 aliphatic rings. The van der Waals surface area contributed by atoms with Gasteiger partial charge in [0, 0.05) is 12.1 Å². The van der Waals surface area contributed by atoms with Crippen molar-refractivity contribution in [3.05, 3.63) is 24.3 Å². The van der Waals surface area contributed by atoms with E-state index in [1.54, 1.807) is 0 Å². The molecule has 0 saturated carbocycles. The zero-order valence-corrected chi connectivity index (χ0v) is 12.4. The summed E-state index contributed by atoms with van der Waals surface area (Å²) >= 11 is 0. The van der Waals surface area contributed by atoms with E-state index in [2.05, 4.69) is 5.32 Å². The lowest BCUT2D eigenvalue weighted by Crippen LogP contribution is -2.57. The fourth-order valence-electron chi connectivity index (χ4n) is 2.04. The first-order valence-corrected chi connectivity index (χ1v) is 6.34. The first-order valence-electron chi connectivity index (χ1n) is 6.34. The number of nitrogens with one attached hydrogen (secondary N) is 1. The van der Waals surface area contributed by atoms with Gasteiger partial charge in [-0.1, -0.05) is 26.0 Å². The van der Waals surface area contributed by atoms with Gasteiger partial charge in [0.05, 0.1) is 0 Å². The summed E-state index contributed by atoms with van der Waals surface area (Å²) < 4.78 is 11.3. The van der Waals surface area contributed by atoms with Gasteiger partial charge < -0.3 is 19.9 Å². The van der Waals surface area contributed by atoms with Crippen LogP contribution in [-0.4, -0.2) is 36.0 Å². The quantitative estimate of drug-likeness (QED) is 0.893. The lowest BCUT2D eigenvalue weighted by Gasteiger charge is -2.33. The van der Waals surface area contributed by atoms with Crippen LogP contribution in [0.2, 0.25) is 0 Å². The summed E-state index contributed by atoms with van der Waals surface area (Å²) in [6.07, 6.45) is 0. The van der Waals surface area contributed by atoms with Crippen LogP contribution >= 0.6 is 12.4 Å². The van der Waals surface area contributed by atoms with Gasteiger partial charge in [0.15, 0.2) is 11.5 Å². The molecule has 1 heterocycles. The molecule has 0 aliphatic carbocycles. The highest BCUT2D eigenvalue weighted by atomic mass is 35.5. The van der Waals surface area contributed by atoms with Crippen LogP contribution in [0.25, 0.3) is 0 Å². The molecular weight excluding hydrogens is 266 g/mol. The molecule has 0 aromatic heterocycles. The number of ether oxygens (including phenoxy) is 2. The van der Waals surface area contributed by atoms with Crippen LogP contribution in [0.1, 0.15) is 20.8 Å². The lowest BCUT2D eigenvalue weighted by atomic mass is 9.97. The Kier molecular flexibility index (Phi) is 5.47. The molecule has 4 nitrogen and oxygen atoms in total. The molecule has 0 spiro atoms. The van der Waals surface area contributed by atoms with Crippen molar-refractivity contribution in [3.8, 4) is 11.5 Å². The van der Waals surface area contributed by atoms with Crippen molar-refractivity contribution in [2.24, 2.45) is 0 Å². The molecular formula is C14H22ClNO3. The molecule has 1 aliphatic heterocycles. The van der Waals surface area contributed by atoms with Gasteiger partial charge in [0.2, 0.25) is 0 Å². The second-order valence-electron chi connectivity index (χ2n) is 5.17. The predicted octanol–water partition coefficient (Wildman–Crippen LogP) is 2.00. The smallest absolute Gasteiger partial charge is 0.161 e. The molecule has 108 valence electrons. The third-order valence-corrected chi connectivity index (χ3v) is 3.19. The summed E-state index contributed by atoms with van der Waals surface area (Å²) in [5.41, 5.74) is -1.02. The second kappa shape index (κ2) is 6.46. The van der Waals surface area contributed by atoms with E-state index in [-0.39, 0.29) is 31.7 Å². The molecule has 0 amide bonds. The Balaban J connectivity index is 0.00000180. The number of benzene rings is 1. The highest BCUT2D eigenvalue weighted by Gasteiger charge is 2.38. The van der Waals surface area contributed by atoms with Gasteiger partial charge in [-0.2, -0.15) is 0 Å². The minimum absolute atomic E-state index is 0. The van der Waals surface area contributed by atoms with E-state index in [1.165, 1.54) is 0 Å². The maximum absolute atomic E-state index is 10.6. The van der Waals surface area contributed by atoms with Gasteiger partial charge in [-0.25, -0.2) is 0 Å². The fraction of sp³-hybridized carbons (Fsp3) is 0.571. The Bertz CT molecular complexity index is 384. The first-order chi connectivity index (χ1) is 8.51. The van der Waals surface area contributed by atoms with Crippen molar-refractivity contribution in [3.63, 3.8) is 0 Å². The van der Waals surface area contributed by atoms with E-state index >= 15 is 0 Å². The number of hydrogen-bond acceptors (Lipinski definition) is 4. The number of para-hydroxylation sites is 2. The van der Waals surface area contributed by atoms with E-state index in [0.717, 1.165) is 0 Å². The zero-order chi connectivity index (χ0) is 13.2. The highest BCUT2D eigenvalue weighted by Crippen LogP contribution is 2.31. The van der Waals surface area contributed by atoms with Crippen molar-refractivity contribution in [2.45, 2.75) is 38.5 Å². The average molecular weight is 288 g/mol. The molecule has 19 heavy (non-hydrogen) atoms. The predicted molar refractivity (Wildman–Crippen MR) is 77.4 cm³/mol. The van der Waals surface area contributed by atoms with Crippen molar-refractivity contribution >= 4 is 12.4 Å². The lowest BCUT2D eigenvalue weighted by molar-refractivity contribution is -0.0538. The molecule has 1 aromatic carbocycles. The molecule has 2 N–H and O–H groups in total. The molecule has 2 rings (SSSR count). The van der Waals surface area contributed by atoms with Gasteiger partial charge in [-0.15, -0.1) is 12.4 Å². The minimum Gasteiger partial charge on any atom is -0.486 e. The maximum Gasteiger partial charge on any atom is 0.161 e. The summed E-state index contributed by atoms with van der Waals surface area (Å²) in [6.45, 7) is 6.50. The Hall–Kier alpha value is -0.970. The van der Waals surface area contributed by atoms with Crippen LogP contribution in [0.15, 0.2) is 24.3 Å². The van der Waals surface area contributed by atoms with Crippen LogP contribution in [0.4, 0.5) is 0 Å². The van der Waals surface area contributed by atoms with E-state index in [1.807, 2.05) is 45.0 Å². The third-order valence-electron chi connectivity index (χ3n) is 3.19. The zero-order valence-electron chi connectivity index (χ0n) is 11.6. The topological polar surface area (TPSA) is 50.7 Å². The standard InChI is InChI=1S/C14H21NO3.ClH/c1-10(2)15-11(3)14(16)8-17-12-6-4-5-7-13(12)18-9-14;/h4-7,10-11,15-16H,8-9H2,1-3H3;1H. The molecule has 0 radical (unpaired) electrons. The van der Waals surface area contributed by atoms with Crippen LogP contribution in [0.5, 0.6) is 11.5 Å². The van der Waals surface area contributed by atoms with Crippen LogP contribution in [0.3, 0.4) is 0 Å². The van der Waals surface area contributed by atoms with Crippen LogP contribution in [0, 0.1) is 0 Å². The van der Waals surface area contributed by atoms with Gasteiger partial charge in [-0.3, -0.25) is 0 Å². The normalized spacial score (nSPS) is 18.4. The summed E-state index contributed by atoms with van der Waals surface area (Å²) in [6, 6.07) is 7.68. The molecule has 0 saturated heterocycles. The SMILES string of the molecule is CC(C)NC(C)C1(O)COc2ccccc2OC1.Cl. The van der Waals surface area contributed by atoms with E-state index in [9.17, 15) is 5.11 Å². The number of hydrogen-bond donors (Lipinski definition) is 2. The largest absolute Gasteiger partial charge is 0.486 e. The van der Waals surface area contributed by atoms with Crippen LogP contribution in [-0.2, 0) is 0 Å². The summed E-state index contributed by atoms with van der Waals surface area (Å²) in [4.78, 5) is 0. The average Bonchev–Trinajstić information content (AvgIpc) is 2.50. The molecule has 0 bridgehead atoms. The first kappa shape index (κ1) is 16.1. The fourth-order valence-corrected chi connectivity index (χ4v) is 2.04. The van der Waals surface area contributed by atoms with Gasteiger partial charge in [0.25, 0.3) is 0 Å². The van der Waals surface area contributed by atoms with E-state index < -0.39 is 5.60 Å². The molecule has 5 heteroatoms. The maximum atomic E-state index is 10.6. The summed E-state index contributed by atoms with van der Waals surface area (Å²) in [5, 5.41) is 13.9. The molecule has 0 fully saturated rings. The van der Waals surface area contributed by atoms with Gasteiger partial charge in [0.1, 0.15) is 18.8 Å². The van der Waals surface area contributed by atoms with Crippen LogP contribution < -0.4 is 14.8 Å². The summed E-state index contributed by atoms with van der Waals surface area (Å²) in [7, 11) is 0. The Morgan fingerprint density at radius 3 is 2.00 bits per heavy atom. The van der Waals surface area contributed by atoms with E-state index in [4.69, 9.17) is 9.47 Å².